The second kappa shape index (κ2) is 4.88. The number of primary amides is 1. The molecule has 0 aromatic heterocycles. The van der Waals surface area contributed by atoms with Gasteiger partial charge in [-0.15, -0.1) is 0 Å². The van der Waals surface area contributed by atoms with E-state index < -0.39 is 28.4 Å². The highest BCUT2D eigenvalue weighted by Crippen LogP contribution is 2.20. The number of anilines is 1. The summed E-state index contributed by atoms with van der Waals surface area (Å²) < 4.78 is 13.1. The molecule has 9 heteroatoms. The Kier molecular flexibility index (Phi) is 3.55. The molecule has 1 aromatic rings. The summed E-state index contributed by atoms with van der Waals surface area (Å²) in [5, 5.41) is 21.7. The fourth-order valence-corrected chi connectivity index (χ4v) is 1.03. The minimum Gasteiger partial charge on any atom is -0.351 e. The lowest BCUT2D eigenvalue weighted by atomic mass is 10.2. The van der Waals surface area contributed by atoms with Crippen molar-refractivity contribution in [2.75, 3.05) is 5.32 Å². The number of nitrogens with zero attached hydrogens (tertiary/aromatic N) is 1. The third-order valence-electron chi connectivity index (χ3n) is 1.66. The molecule has 0 spiro atoms. The van der Waals surface area contributed by atoms with Crippen LogP contribution in [0.3, 0.4) is 0 Å². The van der Waals surface area contributed by atoms with E-state index in [1.807, 2.05) is 5.32 Å². The van der Waals surface area contributed by atoms with E-state index in [1.54, 1.807) is 0 Å². The van der Waals surface area contributed by atoms with Crippen LogP contribution in [0.2, 0.25) is 0 Å². The SMILES string of the molecule is N=C(NC(N)=O)Nc1ccc([N+](=O)[O-])c(F)c1. The largest absolute Gasteiger partial charge is 0.351 e. The molecule has 0 aliphatic heterocycles. The van der Waals surface area contributed by atoms with Crippen LogP contribution < -0.4 is 16.4 Å². The van der Waals surface area contributed by atoms with Gasteiger partial charge >= 0.3 is 11.7 Å². The molecule has 0 atom stereocenters. The highest BCUT2D eigenvalue weighted by atomic mass is 19.1. The molecular weight excluding hydrogens is 233 g/mol. The zero-order valence-corrected chi connectivity index (χ0v) is 8.36. The maximum atomic E-state index is 13.1. The zero-order valence-electron chi connectivity index (χ0n) is 8.36. The average Bonchev–Trinajstić information content (AvgIpc) is 2.15. The number of hydrogen-bond donors (Lipinski definition) is 4. The van der Waals surface area contributed by atoms with Crippen molar-refractivity contribution in [2.45, 2.75) is 0 Å². The molecule has 0 saturated heterocycles. The Morgan fingerprint density at radius 3 is 2.65 bits per heavy atom. The number of nitrogens with one attached hydrogen (secondary N) is 3. The Morgan fingerprint density at radius 1 is 1.53 bits per heavy atom. The van der Waals surface area contributed by atoms with Crippen LogP contribution in [0.1, 0.15) is 0 Å². The summed E-state index contributed by atoms with van der Waals surface area (Å²) in [5.41, 5.74) is 4.15. The number of nitro groups is 1. The van der Waals surface area contributed by atoms with Crippen LogP contribution in [0.5, 0.6) is 0 Å². The molecule has 0 aliphatic rings. The summed E-state index contributed by atoms with van der Waals surface area (Å²) in [4.78, 5) is 19.8. The van der Waals surface area contributed by atoms with Gasteiger partial charge in [0, 0.05) is 17.8 Å². The van der Waals surface area contributed by atoms with E-state index in [1.165, 1.54) is 6.07 Å². The second-order valence-electron chi connectivity index (χ2n) is 2.91. The normalized spacial score (nSPS) is 9.47. The van der Waals surface area contributed by atoms with Gasteiger partial charge in [-0.3, -0.25) is 20.8 Å². The summed E-state index contributed by atoms with van der Waals surface area (Å²) in [6, 6.07) is 2.01. The highest BCUT2D eigenvalue weighted by Gasteiger charge is 2.14. The number of nitrogens with two attached hydrogens (primary N) is 1. The standard InChI is InChI=1S/C8H8FN5O3/c9-5-3-4(1-2-6(5)14(16)17)12-7(10)13-8(11)15/h1-3H,(H5,10,11,12,13,15). The maximum absolute atomic E-state index is 13.1. The summed E-state index contributed by atoms with van der Waals surface area (Å²) in [6.07, 6.45) is 0. The number of amides is 2. The number of halogens is 1. The van der Waals surface area contributed by atoms with E-state index in [-0.39, 0.29) is 5.69 Å². The molecule has 0 unspecified atom stereocenters. The molecule has 0 aliphatic carbocycles. The molecule has 0 saturated carbocycles. The van der Waals surface area contributed by atoms with Gasteiger partial charge in [-0.25, -0.2) is 4.79 Å². The molecule has 0 heterocycles. The van der Waals surface area contributed by atoms with Crippen molar-refractivity contribution in [3.8, 4) is 0 Å². The number of carbonyl (C=O) groups is 1. The van der Waals surface area contributed by atoms with Crippen molar-refractivity contribution in [1.29, 1.82) is 5.41 Å². The number of hydrogen-bond acceptors (Lipinski definition) is 4. The lowest BCUT2D eigenvalue weighted by molar-refractivity contribution is -0.387. The van der Waals surface area contributed by atoms with Crippen LogP contribution in [0, 0.1) is 21.3 Å². The van der Waals surface area contributed by atoms with Crippen LogP contribution in [0.4, 0.5) is 20.6 Å². The van der Waals surface area contributed by atoms with Crippen molar-refractivity contribution < 1.29 is 14.1 Å². The predicted octanol–water partition coefficient (Wildman–Crippen LogP) is 0.749. The van der Waals surface area contributed by atoms with E-state index in [9.17, 15) is 19.3 Å². The van der Waals surface area contributed by atoms with E-state index >= 15 is 0 Å². The highest BCUT2D eigenvalue weighted by molar-refractivity contribution is 6.01. The van der Waals surface area contributed by atoms with Crippen molar-refractivity contribution in [3.63, 3.8) is 0 Å². The van der Waals surface area contributed by atoms with Crippen molar-refractivity contribution in [1.82, 2.24) is 5.32 Å². The zero-order chi connectivity index (χ0) is 13.0. The Hall–Kier alpha value is -2.71. The van der Waals surface area contributed by atoms with Crippen molar-refractivity contribution in [3.05, 3.63) is 34.1 Å². The summed E-state index contributed by atoms with van der Waals surface area (Å²) in [5.74, 6) is -1.52. The molecule has 5 N–H and O–H groups in total. The van der Waals surface area contributed by atoms with Crippen LogP contribution in [-0.2, 0) is 0 Å². The van der Waals surface area contributed by atoms with Gasteiger partial charge in [0.1, 0.15) is 0 Å². The van der Waals surface area contributed by atoms with E-state index in [0.717, 1.165) is 12.1 Å². The van der Waals surface area contributed by atoms with Gasteiger partial charge in [0.25, 0.3) is 0 Å². The summed E-state index contributed by atoms with van der Waals surface area (Å²) in [6.45, 7) is 0. The fraction of sp³-hybridized carbons (Fsp3) is 0. The molecule has 1 rings (SSSR count). The van der Waals surface area contributed by atoms with E-state index in [2.05, 4.69) is 5.32 Å². The van der Waals surface area contributed by atoms with Gasteiger partial charge in [-0.2, -0.15) is 4.39 Å². The fourth-order valence-electron chi connectivity index (χ4n) is 1.03. The van der Waals surface area contributed by atoms with Crippen LogP contribution in [0.15, 0.2) is 18.2 Å². The van der Waals surface area contributed by atoms with Gasteiger partial charge in [0.2, 0.25) is 11.8 Å². The minimum atomic E-state index is -1.05. The van der Waals surface area contributed by atoms with Gasteiger partial charge in [-0.05, 0) is 6.07 Å². The van der Waals surface area contributed by atoms with E-state index in [4.69, 9.17) is 11.1 Å². The number of urea groups is 1. The smallest absolute Gasteiger partial charge is 0.318 e. The number of carbonyl (C=O) groups excluding carboxylic acids is 1. The third kappa shape index (κ3) is 3.41. The Bertz CT molecular complexity index is 490. The van der Waals surface area contributed by atoms with Gasteiger partial charge in [0.15, 0.2) is 0 Å². The third-order valence-corrected chi connectivity index (χ3v) is 1.66. The lowest BCUT2D eigenvalue weighted by Crippen LogP contribution is -2.38. The Balaban J connectivity index is 2.81. The quantitative estimate of drug-likeness (QED) is 0.263. The first-order valence-electron chi connectivity index (χ1n) is 4.26. The minimum absolute atomic E-state index is 0.0758. The first-order chi connectivity index (χ1) is 7.90. The second-order valence-corrected chi connectivity index (χ2v) is 2.91. The number of benzene rings is 1. The first kappa shape index (κ1) is 12.4. The first-order valence-corrected chi connectivity index (χ1v) is 4.26. The van der Waals surface area contributed by atoms with Gasteiger partial charge in [-0.1, -0.05) is 0 Å². The molecule has 0 fully saturated rings. The van der Waals surface area contributed by atoms with Crippen LogP contribution >= 0.6 is 0 Å². The Labute approximate surface area is 94.3 Å². The molecule has 2 amide bonds. The van der Waals surface area contributed by atoms with Crippen molar-refractivity contribution >= 4 is 23.4 Å². The lowest BCUT2D eigenvalue weighted by Gasteiger charge is -2.07. The van der Waals surface area contributed by atoms with Crippen LogP contribution in [0.25, 0.3) is 0 Å². The summed E-state index contributed by atoms with van der Waals surface area (Å²) in [7, 11) is 0. The Morgan fingerprint density at radius 2 is 2.18 bits per heavy atom. The number of rotatable bonds is 2. The molecule has 17 heavy (non-hydrogen) atoms. The molecule has 0 radical (unpaired) electrons. The van der Waals surface area contributed by atoms with Gasteiger partial charge in [0.05, 0.1) is 4.92 Å². The van der Waals surface area contributed by atoms with Crippen LogP contribution in [-0.4, -0.2) is 16.9 Å². The summed E-state index contributed by atoms with van der Waals surface area (Å²) >= 11 is 0. The van der Waals surface area contributed by atoms with Gasteiger partial charge < -0.3 is 11.1 Å². The molecule has 8 nitrogen and oxygen atoms in total. The number of nitro benzene ring substituents is 1. The molecular formula is C8H8FN5O3. The topological polar surface area (TPSA) is 134 Å². The predicted molar refractivity (Wildman–Crippen MR) is 57.1 cm³/mol. The van der Waals surface area contributed by atoms with E-state index in [0.29, 0.717) is 0 Å². The molecule has 90 valence electrons. The number of guanidine groups is 1. The molecule has 0 bridgehead atoms. The molecule has 1 aromatic carbocycles. The monoisotopic (exact) mass is 241 g/mol. The van der Waals surface area contributed by atoms with Crippen molar-refractivity contribution in [2.24, 2.45) is 5.73 Å². The maximum Gasteiger partial charge on any atom is 0.318 e. The average molecular weight is 241 g/mol.